The first-order valence-corrected chi connectivity index (χ1v) is 7.93. The topological polar surface area (TPSA) is 41.6 Å². The molecule has 1 aliphatic heterocycles. The Hall–Kier alpha value is -1.39. The fourth-order valence-electron chi connectivity index (χ4n) is 2.60. The molecular weight excluding hydrogens is 264 g/mol. The summed E-state index contributed by atoms with van der Waals surface area (Å²) in [6, 6.07) is 10.1. The van der Waals surface area contributed by atoms with Gasteiger partial charge in [0.15, 0.2) is 0 Å². The van der Waals surface area contributed by atoms with Crippen molar-refractivity contribution >= 4 is 5.91 Å². The molecule has 1 aromatic carbocycles. The first-order valence-electron chi connectivity index (χ1n) is 7.93. The zero-order valence-electron chi connectivity index (χ0n) is 12.9. The van der Waals surface area contributed by atoms with Gasteiger partial charge in [-0.3, -0.25) is 4.79 Å². The third kappa shape index (κ3) is 5.48. The Labute approximate surface area is 127 Å². The molecule has 1 fully saturated rings. The van der Waals surface area contributed by atoms with E-state index in [2.05, 4.69) is 17.4 Å². The van der Waals surface area contributed by atoms with Crippen LogP contribution in [0.1, 0.15) is 31.7 Å². The van der Waals surface area contributed by atoms with Crippen LogP contribution in [-0.4, -0.2) is 43.2 Å². The van der Waals surface area contributed by atoms with Crippen molar-refractivity contribution in [3.8, 4) is 0 Å². The van der Waals surface area contributed by atoms with E-state index < -0.39 is 0 Å². The molecule has 1 aliphatic rings. The molecule has 116 valence electrons. The quantitative estimate of drug-likeness (QED) is 0.746. The summed E-state index contributed by atoms with van der Waals surface area (Å²) in [5.74, 6) is 0.209. The first-order chi connectivity index (χ1) is 10.3. The van der Waals surface area contributed by atoms with Crippen LogP contribution >= 0.6 is 0 Å². The summed E-state index contributed by atoms with van der Waals surface area (Å²) in [4.78, 5) is 14.1. The van der Waals surface area contributed by atoms with E-state index in [0.29, 0.717) is 19.1 Å². The molecule has 0 bridgehead atoms. The van der Waals surface area contributed by atoms with Crippen molar-refractivity contribution < 1.29 is 9.53 Å². The highest BCUT2D eigenvalue weighted by atomic mass is 16.5. The van der Waals surface area contributed by atoms with Gasteiger partial charge in [0.05, 0.1) is 6.10 Å². The Balaban J connectivity index is 1.67. The Bertz CT molecular complexity index is 416. The number of ether oxygens (including phenoxy) is 1. The molecule has 2 rings (SSSR count). The molecule has 1 aromatic rings. The van der Waals surface area contributed by atoms with Gasteiger partial charge in [-0.2, -0.15) is 0 Å². The molecule has 4 heteroatoms. The van der Waals surface area contributed by atoms with E-state index in [-0.39, 0.29) is 5.91 Å². The molecule has 1 amide bonds. The van der Waals surface area contributed by atoms with Crippen molar-refractivity contribution in [2.45, 2.75) is 38.8 Å². The van der Waals surface area contributed by atoms with E-state index in [9.17, 15) is 4.79 Å². The molecule has 1 unspecified atom stereocenters. The number of benzene rings is 1. The zero-order chi connectivity index (χ0) is 14.9. The van der Waals surface area contributed by atoms with Crippen molar-refractivity contribution in [3.63, 3.8) is 0 Å². The number of hydrogen-bond acceptors (Lipinski definition) is 3. The Morgan fingerprint density at radius 1 is 1.38 bits per heavy atom. The Morgan fingerprint density at radius 2 is 2.19 bits per heavy atom. The maximum absolute atomic E-state index is 12.2. The summed E-state index contributed by atoms with van der Waals surface area (Å²) < 4.78 is 5.55. The fraction of sp³-hybridized carbons (Fsp3) is 0.588. The number of rotatable bonds is 8. The van der Waals surface area contributed by atoms with Crippen LogP contribution in [0.25, 0.3) is 0 Å². The van der Waals surface area contributed by atoms with Crippen LogP contribution in [0.15, 0.2) is 30.3 Å². The van der Waals surface area contributed by atoms with Crippen LogP contribution in [0, 0.1) is 0 Å². The number of carbonyl (C=O) groups is 1. The normalized spacial score (nSPS) is 17.9. The summed E-state index contributed by atoms with van der Waals surface area (Å²) in [6.45, 7) is 5.94. The molecular formula is C17H26N2O2. The summed E-state index contributed by atoms with van der Waals surface area (Å²) >= 11 is 0. The van der Waals surface area contributed by atoms with Crippen LogP contribution in [0.2, 0.25) is 0 Å². The average molecular weight is 290 g/mol. The predicted octanol–water partition coefficient (Wildman–Crippen LogP) is 2.19. The van der Waals surface area contributed by atoms with Crippen molar-refractivity contribution in [3.05, 3.63) is 35.9 Å². The van der Waals surface area contributed by atoms with Gasteiger partial charge in [0.1, 0.15) is 0 Å². The van der Waals surface area contributed by atoms with Gasteiger partial charge >= 0.3 is 0 Å². The van der Waals surface area contributed by atoms with Crippen molar-refractivity contribution in [1.82, 2.24) is 10.2 Å². The van der Waals surface area contributed by atoms with Crippen LogP contribution < -0.4 is 5.32 Å². The zero-order valence-corrected chi connectivity index (χ0v) is 12.9. The molecule has 0 aromatic heterocycles. The molecule has 4 nitrogen and oxygen atoms in total. The van der Waals surface area contributed by atoms with Crippen molar-refractivity contribution in [2.75, 3.05) is 26.2 Å². The van der Waals surface area contributed by atoms with E-state index in [1.807, 2.05) is 30.0 Å². The lowest BCUT2D eigenvalue weighted by atomic mass is 10.2. The molecule has 0 saturated carbocycles. The summed E-state index contributed by atoms with van der Waals surface area (Å²) in [5.41, 5.74) is 1.18. The highest BCUT2D eigenvalue weighted by Gasteiger charge is 2.15. The predicted molar refractivity (Wildman–Crippen MR) is 84.0 cm³/mol. The monoisotopic (exact) mass is 290 g/mol. The third-order valence-corrected chi connectivity index (χ3v) is 3.86. The fourth-order valence-corrected chi connectivity index (χ4v) is 2.60. The van der Waals surface area contributed by atoms with E-state index in [1.165, 1.54) is 5.56 Å². The lowest BCUT2D eigenvalue weighted by molar-refractivity contribution is -0.131. The Morgan fingerprint density at radius 3 is 2.86 bits per heavy atom. The van der Waals surface area contributed by atoms with E-state index in [1.54, 1.807) is 0 Å². The minimum absolute atomic E-state index is 0.209. The van der Waals surface area contributed by atoms with Gasteiger partial charge in [-0.15, -0.1) is 0 Å². The van der Waals surface area contributed by atoms with Gasteiger partial charge in [-0.25, -0.2) is 0 Å². The maximum atomic E-state index is 12.2. The van der Waals surface area contributed by atoms with E-state index in [4.69, 9.17) is 4.74 Å². The third-order valence-electron chi connectivity index (χ3n) is 3.86. The molecule has 0 radical (unpaired) electrons. The lowest BCUT2D eigenvalue weighted by Gasteiger charge is -2.21. The maximum Gasteiger partial charge on any atom is 0.224 e. The standard InChI is InChI=1S/C17H26N2O2/c1-2-19(14-15-7-4-3-5-8-15)17(20)10-11-18-13-16-9-6-12-21-16/h3-5,7-8,16,18H,2,6,9-14H2,1H3. The van der Waals surface area contributed by atoms with Gasteiger partial charge in [0.25, 0.3) is 0 Å². The number of nitrogens with one attached hydrogen (secondary N) is 1. The molecule has 1 N–H and O–H groups in total. The number of nitrogens with zero attached hydrogens (tertiary/aromatic N) is 1. The second-order valence-electron chi connectivity index (χ2n) is 5.48. The molecule has 0 aliphatic carbocycles. The van der Waals surface area contributed by atoms with E-state index in [0.717, 1.165) is 39.1 Å². The van der Waals surface area contributed by atoms with Gasteiger partial charge in [0, 0.05) is 39.2 Å². The second-order valence-corrected chi connectivity index (χ2v) is 5.48. The van der Waals surface area contributed by atoms with Crippen LogP contribution in [-0.2, 0) is 16.1 Å². The summed E-state index contributed by atoms with van der Waals surface area (Å²) in [5, 5.41) is 3.33. The average Bonchev–Trinajstić information content (AvgIpc) is 3.03. The molecule has 0 spiro atoms. The van der Waals surface area contributed by atoms with Gasteiger partial charge in [-0.05, 0) is 25.3 Å². The number of carbonyl (C=O) groups excluding carboxylic acids is 1. The summed E-state index contributed by atoms with van der Waals surface area (Å²) in [6.07, 6.45) is 3.18. The first kappa shape index (κ1) is 16.0. The van der Waals surface area contributed by atoms with Gasteiger partial charge in [0.2, 0.25) is 5.91 Å². The van der Waals surface area contributed by atoms with Crippen LogP contribution in [0.4, 0.5) is 0 Å². The Kier molecular flexibility index (Phi) is 6.70. The molecule has 1 atom stereocenters. The van der Waals surface area contributed by atoms with Gasteiger partial charge in [-0.1, -0.05) is 30.3 Å². The SMILES string of the molecule is CCN(Cc1ccccc1)C(=O)CCNCC1CCCO1. The van der Waals surface area contributed by atoms with Gasteiger partial charge < -0.3 is 15.0 Å². The lowest BCUT2D eigenvalue weighted by Crippen LogP contribution is -2.34. The number of amides is 1. The van der Waals surface area contributed by atoms with Crippen LogP contribution in [0.5, 0.6) is 0 Å². The minimum atomic E-state index is 0.209. The highest BCUT2D eigenvalue weighted by Crippen LogP contribution is 2.10. The molecule has 21 heavy (non-hydrogen) atoms. The summed E-state index contributed by atoms with van der Waals surface area (Å²) in [7, 11) is 0. The highest BCUT2D eigenvalue weighted by molar-refractivity contribution is 5.76. The smallest absolute Gasteiger partial charge is 0.224 e. The minimum Gasteiger partial charge on any atom is -0.377 e. The second kappa shape index (κ2) is 8.80. The molecule has 1 saturated heterocycles. The molecule has 1 heterocycles. The van der Waals surface area contributed by atoms with Crippen LogP contribution in [0.3, 0.4) is 0 Å². The van der Waals surface area contributed by atoms with E-state index >= 15 is 0 Å². The number of hydrogen-bond donors (Lipinski definition) is 1. The van der Waals surface area contributed by atoms with Crippen molar-refractivity contribution in [2.24, 2.45) is 0 Å². The van der Waals surface area contributed by atoms with Crippen molar-refractivity contribution in [1.29, 1.82) is 0 Å². The largest absolute Gasteiger partial charge is 0.377 e.